The lowest BCUT2D eigenvalue weighted by Crippen LogP contribution is -2.55. The number of likely N-dealkylation sites (tertiary alicyclic amines) is 3. The molecule has 4 unspecified atom stereocenters. The van der Waals surface area contributed by atoms with Gasteiger partial charge in [0.25, 0.3) is 0 Å². The summed E-state index contributed by atoms with van der Waals surface area (Å²) in [4.78, 5) is 44.3. The van der Waals surface area contributed by atoms with E-state index in [0.29, 0.717) is 47.0 Å². The number of hydrogen-bond acceptors (Lipinski definition) is 7. The molecule has 1 aromatic rings. The lowest BCUT2D eigenvalue weighted by Gasteiger charge is -2.35. The average Bonchev–Trinajstić information content (AvgIpc) is 3.12. The van der Waals surface area contributed by atoms with Crippen molar-refractivity contribution in [1.29, 1.82) is 0 Å². The largest absolute Gasteiger partial charge is 0.352 e. The minimum Gasteiger partial charge on any atom is -0.352 e. The number of hydrogen-bond donors (Lipinski definition) is 2. The molecule has 1 aliphatic carbocycles. The van der Waals surface area contributed by atoms with E-state index in [4.69, 9.17) is 11.6 Å². The third kappa shape index (κ3) is 6.59. The Hall–Kier alpha value is -1.99. The first kappa shape index (κ1) is 27.6. The lowest BCUT2D eigenvalue weighted by molar-refractivity contribution is -0.144. The summed E-state index contributed by atoms with van der Waals surface area (Å²) in [5.41, 5.74) is 0. The van der Waals surface area contributed by atoms with Gasteiger partial charge in [-0.1, -0.05) is 11.6 Å². The highest BCUT2D eigenvalue weighted by Crippen LogP contribution is 2.49. The van der Waals surface area contributed by atoms with Crippen molar-refractivity contribution in [1.82, 2.24) is 24.7 Å². The third-order valence-corrected chi connectivity index (χ3v) is 10.2. The average molecular weight is 584 g/mol. The zero-order chi connectivity index (χ0) is 27.0. The van der Waals surface area contributed by atoms with Crippen molar-refractivity contribution in [3.05, 3.63) is 26.8 Å². The molecule has 5 atom stereocenters. The minimum absolute atomic E-state index is 0.0213. The number of carbonyl (C=O) groups is 3. The predicted molar refractivity (Wildman–Crippen MR) is 146 cm³/mol. The van der Waals surface area contributed by atoms with E-state index in [1.165, 1.54) is 29.2 Å². The van der Waals surface area contributed by atoms with E-state index >= 15 is 0 Å². The summed E-state index contributed by atoms with van der Waals surface area (Å²) < 4.78 is 28.2. The van der Waals surface area contributed by atoms with Gasteiger partial charge < -0.3 is 15.1 Å². The first-order valence-corrected chi connectivity index (χ1v) is 15.9. The number of rotatable bonds is 9. The van der Waals surface area contributed by atoms with Gasteiger partial charge in [-0.15, -0.1) is 11.3 Å². The summed E-state index contributed by atoms with van der Waals surface area (Å²) in [6.45, 7) is 5.10. The molecular weight excluding hydrogens is 550 g/mol. The van der Waals surface area contributed by atoms with E-state index in [9.17, 15) is 22.8 Å². The van der Waals surface area contributed by atoms with Crippen molar-refractivity contribution in [3.8, 4) is 0 Å². The van der Waals surface area contributed by atoms with Crippen LogP contribution in [0, 0.1) is 11.8 Å². The van der Waals surface area contributed by atoms with Crippen LogP contribution in [0.4, 0.5) is 0 Å². The Morgan fingerprint density at radius 2 is 2.03 bits per heavy atom. The lowest BCUT2D eigenvalue weighted by atomic mass is 10.1. The molecule has 0 radical (unpaired) electrons. The maximum Gasteiger partial charge on any atom is 0.242 e. The SMILES string of the molecule is CC(=O)NC1CCN(CC2C3CC3CN2C(=O)CN2CCC[C@H](NS(=O)(=O)C=Cc3ccc(Cl)s3)C2=O)C1. The molecule has 2 N–H and O–H groups in total. The molecule has 4 aliphatic rings. The number of carbonyl (C=O) groups excluding carboxylic acids is 3. The highest BCUT2D eigenvalue weighted by molar-refractivity contribution is 7.92. The second kappa shape index (κ2) is 11.2. The van der Waals surface area contributed by atoms with Gasteiger partial charge in [0, 0.05) is 62.0 Å². The maximum atomic E-state index is 13.4. The van der Waals surface area contributed by atoms with Gasteiger partial charge in [-0.25, -0.2) is 8.42 Å². The number of fused-ring (bicyclic) bond motifs is 1. The topological polar surface area (TPSA) is 119 Å². The molecule has 0 aromatic carbocycles. The first-order valence-electron chi connectivity index (χ1n) is 13.1. The predicted octanol–water partition coefficient (Wildman–Crippen LogP) is 1.34. The van der Waals surface area contributed by atoms with Crippen LogP contribution in [0.25, 0.3) is 6.08 Å². The van der Waals surface area contributed by atoms with Gasteiger partial charge in [-0.05, 0) is 55.7 Å². The fourth-order valence-electron chi connectivity index (χ4n) is 6.03. The van der Waals surface area contributed by atoms with Crippen LogP contribution < -0.4 is 10.0 Å². The summed E-state index contributed by atoms with van der Waals surface area (Å²) in [7, 11) is -3.85. The highest BCUT2D eigenvalue weighted by Gasteiger charge is 2.54. The molecule has 0 spiro atoms. The van der Waals surface area contributed by atoms with Crippen LogP contribution in [0.15, 0.2) is 17.5 Å². The summed E-state index contributed by atoms with van der Waals surface area (Å²) >= 11 is 7.15. The van der Waals surface area contributed by atoms with Crippen molar-refractivity contribution >= 4 is 56.8 Å². The molecule has 10 nitrogen and oxygen atoms in total. The molecule has 3 saturated heterocycles. The summed E-state index contributed by atoms with van der Waals surface area (Å²) in [5.74, 6) is 0.567. The molecule has 0 bridgehead atoms. The van der Waals surface area contributed by atoms with Crippen molar-refractivity contribution < 1.29 is 22.8 Å². The molecule has 38 heavy (non-hydrogen) atoms. The van der Waals surface area contributed by atoms with Crippen molar-refractivity contribution in [2.75, 3.05) is 39.3 Å². The molecule has 3 aliphatic heterocycles. The Kier molecular flexibility index (Phi) is 8.16. The number of thiophene rings is 1. The molecule has 1 saturated carbocycles. The van der Waals surface area contributed by atoms with Crippen LogP contribution in [0.3, 0.4) is 0 Å². The number of nitrogens with zero attached hydrogens (tertiary/aromatic N) is 3. The van der Waals surface area contributed by atoms with E-state index in [0.717, 1.165) is 37.9 Å². The smallest absolute Gasteiger partial charge is 0.242 e. The summed E-state index contributed by atoms with van der Waals surface area (Å²) in [6.07, 6.45) is 4.50. The minimum atomic E-state index is -3.85. The van der Waals surface area contributed by atoms with Crippen LogP contribution >= 0.6 is 22.9 Å². The van der Waals surface area contributed by atoms with Gasteiger partial charge in [-0.3, -0.25) is 19.3 Å². The Bertz CT molecular complexity index is 1220. The van der Waals surface area contributed by atoms with E-state index in [2.05, 4.69) is 14.9 Å². The molecular formula is C25H34ClN5O5S2. The van der Waals surface area contributed by atoms with E-state index < -0.39 is 16.1 Å². The van der Waals surface area contributed by atoms with Gasteiger partial charge in [-0.2, -0.15) is 4.72 Å². The van der Waals surface area contributed by atoms with Crippen LogP contribution in [0.5, 0.6) is 0 Å². The van der Waals surface area contributed by atoms with E-state index in [1.807, 2.05) is 4.90 Å². The Morgan fingerprint density at radius 1 is 1.21 bits per heavy atom. The maximum absolute atomic E-state index is 13.4. The zero-order valence-electron chi connectivity index (χ0n) is 21.3. The highest BCUT2D eigenvalue weighted by atomic mass is 35.5. The van der Waals surface area contributed by atoms with Crippen LogP contribution in [-0.2, 0) is 24.4 Å². The van der Waals surface area contributed by atoms with Crippen LogP contribution in [0.2, 0.25) is 4.34 Å². The number of sulfonamides is 1. The summed E-state index contributed by atoms with van der Waals surface area (Å²) in [6, 6.07) is 2.79. The fourth-order valence-corrected chi connectivity index (χ4v) is 8.10. The van der Waals surface area contributed by atoms with Crippen molar-refractivity contribution in [3.63, 3.8) is 0 Å². The Labute approximate surface area is 232 Å². The quantitative estimate of drug-likeness (QED) is 0.453. The first-order chi connectivity index (χ1) is 18.1. The normalized spacial score (nSPS) is 29.7. The number of piperidine rings is 2. The summed E-state index contributed by atoms with van der Waals surface area (Å²) in [5, 5.41) is 4.03. The Balaban J connectivity index is 1.16. The van der Waals surface area contributed by atoms with Gasteiger partial charge in [0.1, 0.15) is 6.04 Å². The van der Waals surface area contributed by atoms with Gasteiger partial charge in [0.15, 0.2) is 0 Å². The number of halogens is 1. The standard InChI is InChI=1S/C25H34ClN5O5S2/c1-16(32)27-18-6-9-29(13-18)14-22-20-11-17(20)12-31(22)24(33)15-30-8-2-3-21(25(30)34)28-38(35,36)10-7-19-4-5-23(26)37-19/h4-5,7,10,17-18,20-22,28H,2-3,6,8-9,11-15H2,1H3,(H,27,32)/t17?,18?,20?,21-,22?/m0/s1. The van der Waals surface area contributed by atoms with E-state index in [-0.39, 0.29) is 36.3 Å². The molecule has 13 heteroatoms. The van der Waals surface area contributed by atoms with Crippen molar-refractivity contribution in [2.24, 2.45) is 11.8 Å². The van der Waals surface area contributed by atoms with Crippen molar-refractivity contribution in [2.45, 2.75) is 50.7 Å². The van der Waals surface area contributed by atoms with Gasteiger partial charge in [0.2, 0.25) is 27.7 Å². The fraction of sp³-hybridized carbons (Fsp3) is 0.640. The molecule has 5 rings (SSSR count). The number of nitrogens with one attached hydrogen (secondary N) is 2. The second-order valence-electron chi connectivity index (χ2n) is 10.8. The third-order valence-electron chi connectivity index (χ3n) is 7.92. The molecule has 3 amide bonds. The molecule has 1 aromatic heterocycles. The second-order valence-corrected chi connectivity index (χ2v) is 14.1. The number of amides is 3. The molecule has 208 valence electrons. The van der Waals surface area contributed by atoms with Crippen LogP contribution in [0.1, 0.15) is 37.5 Å². The zero-order valence-corrected chi connectivity index (χ0v) is 23.7. The monoisotopic (exact) mass is 583 g/mol. The Morgan fingerprint density at radius 3 is 2.76 bits per heavy atom. The molecule has 4 heterocycles. The van der Waals surface area contributed by atoms with E-state index in [1.54, 1.807) is 12.1 Å². The van der Waals surface area contributed by atoms with Crippen LogP contribution in [-0.4, -0.2) is 98.2 Å². The van der Waals surface area contributed by atoms with Gasteiger partial charge >= 0.3 is 0 Å². The molecule has 4 fully saturated rings. The van der Waals surface area contributed by atoms with Gasteiger partial charge in [0.05, 0.1) is 10.9 Å².